The van der Waals surface area contributed by atoms with Crippen LogP contribution in [0.2, 0.25) is 0 Å². The summed E-state index contributed by atoms with van der Waals surface area (Å²) >= 11 is 0. The molecule has 2 N–H and O–H groups in total. The third kappa shape index (κ3) is 6.08. The SMILES string of the molecule is CCN(CC)c1ccc(NC(=O)c2ccc(NCCC3=CCCCC3)nc2)cc1. The van der Waals surface area contributed by atoms with E-state index in [1.165, 1.54) is 25.7 Å². The number of carbonyl (C=O) groups excluding carboxylic acids is 1. The van der Waals surface area contributed by atoms with Gasteiger partial charge in [0.1, 0.15) is 5.82 Å². The van der Waals surface area contributed by atoms with Crippen LogP contribution in [-0.4, -0.2) is 30.5 Å². The van der Waals surface area contributed by atoms with Crippen molar-refractivity contribution in [3.05, 3.63) is 59.8 Å². The molecule has 29 heavy (non-hydrogen) atoms. The van der Waals surface area contributed by atoms with Crippen LogP contribution >= 0.6 is 0 Å². The molecule has 1 aliphatic carbocycles. The number of anilines is 3. The molecule has 0 aliphatic heterocycles. The molecule has 0 saturated carbocycles. The molecule has 5 heteroatoms. The smallest absolute Gasteiger partial charge is 0.257 e. The highest BCUT2D eigenvalue weighted by Gasteiger charge is 2.08. The Hall–Kier alpha value is -2.82. The Morgan fingerprint density at radius 2 is 1.86 bits per heavy atom. The molecule has 1 heterocycles. The number of pyridine rings is 1. The Balaban J connectivity index is 1.50. The van der Waals surface area contributed by atoms with Gasteiger partial charge in [0.2, 0.25) is 0 Å². The summed E-state index contributed by atoms with van der Waals surface area (Å²) in [6.07, 6.45) is 10.1. The molecule has 3 rings (SSSR count). The van der Waals surface area contributed by atoms with Crippen LogP contribution < -0.4 is 15.5 Å². The van der Waals surface area contributed by atoms with Crippen molar-refractivity contribution in [2.24, 2.45) is 0 Å². The van der Waals surface area contributed by atoms with Crippen LogP contribution in [0.4, 0.5) is 17.2 Å². The molecular weight excluding hydrogens is 360 g/mol. The van der Waals surface area contributed by atoms with Crippen LogP contribution in [-0.2, 0) is 0 Å². The normalized spacial score (nSPS) is 13.5. The quantitative estimate of drug-likeness (QED) is 0.555. The fourth-order valence-corrected chi connectivity index (χ4v) is 3.66. The Kier molecular flexibility index (Phi) is 7.68. The first-order valence-corrected chi connectivity index (χ1v) is 10.7. The Morgan fingerprint density at radius 1 is 1.07 bits per heavy atom. The lowest BCUT2D eigenvalue weighted by Crippen LogP contribution is -2.21. The van der Waals surface area contributed by atoms with Gasteiger partial charge in [-0.1, -0.05) is 11.6 Å². The zero-order chi connectivity index (χ0) is 20.5. The molecule has 0 spiro atoms. The summed E-state index contributed by atoms with van der Waals surface area (Å²) in [5, 5.41) is 6.29. The minimum atomic E-state index is -0.146. The summed E-state index contributed by atoms with van der Waals surface area (Å²) in [6.45, 7) is 7.08. The number of rotatable bonds is 9. The van der Waals surface area contributed by atoms with Crippen molar-refractivity contribution in [1.82, 2.24) is 4.98 Å². The number of nitrogens with zero attached hydrogens (tertiary/aromatic N) is 2. The van der Waals surface area contributed by atoms with Crippen molar-refractivity contribution in [3.8, 4) is 0 Å². The molecule has 0 radical (unpaired) electrons. The first kappa shape index (κ1) is 20.9. The van der Waals surface area contributed by atoms with Crippen LogP contribution in [0.15, 0.2) is 54.2 Å². The zero-order valence-electron chi connectivity index (χ0n) is 17.6. The summed E-state index contributed by atoms with van der Waals surface area (Å²) in [6, 6.07) is 11.6. The largest absolute Gasteiger partial charge is 0.372 e. The van der Waals surface area contributed by atoms with E-state index in [4.69, 9.17) is 0 Å². The first-order valence-electron chi connectivity index (χ1n) is 10.7. The standard InChI is InChI=1S/C24H32N4O/c1-3-28(4-2)22-13-11-21(12-14-22)27-24(29)20-10-15-23(26-18-20)25-17-16-19-8-6-5-7-9-19/h8,10-15,18H,3-7,9,16-17H2,1-2H3,(H,25,26)(H,27,29). The molecule has 0 saturated heterocycles. The van der Waals surface area contributed by atoms with Gasteiger partial charge < -0.3 is 15.5 Å². The molecular formula is C24H32N4O. The fourth-order valence-electron chi connectivity index (χ4n) is 3.66. The second-order valence-corrected chi connectivity index (χ2v) is 7.39. The van der Waals surface area contributed by atoms with Gasteiger partial charge in [0.05, 0.1) is 5.56 Å². The summed E-state index contributed by atoms with van der Waals surface area (Å²) < 4.78 is 0. The van der Waals surface area contributed by atoms with E-state index in [-0.39, 0.29) is 5.91 Å². The van der Waals surface area contributed by atoms with Crippen LogP contribution in [0.25, 0.3) is 0 Å². The average molecular weight is 393 g/mol. The minimum absolute atomic E-state index is 0.146. The van der Waals surface area contributed by atoms with E-state index < -0.39 is 0 Å². The molecule has 1 aromatic heterocycles. The van der Waals surface area contributed by atoms with Crippen LogP contribution in [0.3, 0.4) is 0 Å². The van der Waals surface area contributed by atoms with E-state index in [0.717, 1.165) is 43.2 Å². The minimum Gasteiger partial charge on any atom is -0.372 e. The van der Waals surface area contributed by atoms with E-state index in [9.17, 15) is 4.79 Å². The highest BCUT2D eigenvalue weighted by molar-refractivity contribution is 6.04. The van der Waals surface area contributed by atoms with Crippen LogP contribution in [0, 0.1) is 0 Å². The monoisotopic (exact) mass is 392 g/mol. The number of amides is 1. The zero-order valence-corrected chi connectivity index (χ0v) is 17.6. The number of nitrogens with one attached hydrogen (secondary N) is 2. The van der Waals surface area contributed by atoms with Gasteiger partial charge in [0, 0.05) is 37.2 Å². The topological polar surface area (TPSA) is 57.3 Å². The van der Waals surface area contributed by atoms with Gasteiger partial charge in [-0.3, -0.25) is 4.79 Å². The van der Waals surface area contributed by atoms with Crippen LogP contribution in [0.5, 0.6) is 0 Å². The Morgan fingerprint density at radius 3 is 2.48 bits per heavy atom. The molecule has 1 aromatic carbocycles. The van der Waals surface area contributed by atoms with Crippen molar-refractivity contribution >= 4 is 23.1 Å². The molecule has 0 atom stereocenters. The molecule has 0 fully saturated rings. The predicted octanol–water partition coefficient (Wildman–Crippen LogP) is 5.48. The second-order valence-electron chi connectivity index (χ2n) is 7.39. The highest BCUT2D eigenvalue weighted by Crippen LogP contribution is 2.20. The van der Waals surface area contributed by atoms with Gasteiger partial charge >= 0.3 is 0 Å². The molecule has 0 bridgehead atoms. The Bertz CT molecular complexity index is 808. The van der Waals surface area contributed by atoms with E-state index in [1.807, 2.05) is 36.4 Å². The third-order valence-corrected chi connectivity index (χ3v) is 5.42. The fraction of sp³-hybridized carbons (Fsp3) is 0.417. The summed E-state index contributed by atoms with van der Waals surface area (Å²) in [5.41, 5.74) is 4.05. The number of aromatic nitrogens is 1. The lowest BCUT2D eigenvalue weighted by molar-refractivity contribution is 0.102. The van der Waals surface area contributed by atoms with E-state index in [1.54, 1.807) is 11.8 Å². The number of carbonyl (C=O) groups is 1. The van der Waals surface area contributed by atoms with Crippen molar-refractivity contribution < 1.29 is 4.79 Å². The lowest BCUT2D eigenvalue weighted by Gasteiger charge is -2.21. The molecule has 154 valence electrons. The molecule has 1 amide bonds. The summed E-state index contributed by atoms with van der Waals surface area (Å²) in [7, 11) is 0. The molecule has 1 aliphatic rings. The predicted molar refractivity (Wildman–Crippen MR) is 122 cm³/mol. The van der Waals surface area contributed by atoms with Crippen molar-refractivity contribution in [2.75, 3.05) is 35.2 Å². The number of benzene rings is 1. The molecule has 5 nitrogen and oxygen atoms in total. The van der Waals surface area contributed by atoms with Crippen molar-refractivity contribution in [3.63, 3.8) is 0 Å². The van der Waals surface area contributed by atoms with Gasteiger partial charge in [0.25, 0.3) is 5.91 Å². The molecule has 0 unspecified atom stereocenters. The van der Waals surface area contributed by atoms with E-state index in [0.29, 0.717) is 5.56 Å². The van der Waals surface area contributed by atoms with E-state index >= 15 is 0 Å². The van der Waals surface area contributed by atoms with Gasteiger partial charge in [-0.05, 0) is 82.3 Å². The number of allylic oxidation sites excluding steroid dienone is 1. The van der Waals surface area contributed by atoms with E-state index in [2.05, 4.69) is 40.4 Å². The van der Waals surface area contributed by atoms with Gasteiger partial charge in [-0.25, -0.2) is 4.98 Å². The maximum atomic E-state index is 12.5. The molecule has 2 aromatic rings. The van der Waals surface area contributed by atoms with Gasteiger partial charge in [-0.15, -0.1) is 0 Å². The highest BCUT2D eigenvalue weighted by atomic mass is 16.1. The average Bonchev–Trinajstić information content (AvgIpc) is 2.77. The summed E-state index contributed by atoms with van der Waals surface area (Å²) in [4.78, 5) is 19.1. The number of hydrogen-bond acceptors (Lipinski definition) is 4. The lowest BCUT2D eigenvalue weighted by atomic mass is 9.97. The third-order valence-electron chi connectivity index (χ3n) is 5.42. The number of hydrogen-bond donors (Lipinski definition) is 2. The maximum absolute atomic E-state index is 12.5. The summed E-state index contributed by atoms with van der Waals surface area (Å²) in [5.74, 6) is 0.661. The maximum Gasteiger partial charge on any atom is 0.257 e. The first-order chi connectivity index (χ1) is 14.2. The van der Waals surface area contributed by atoms with Crippen molar-refractivity contribution in [2.45, 2.75) is 46.0 Å². The Labute approximate surface area is 174 Å². The van der Waals surface area contributed by atoms with Gasteiger partial charge in [0.15, 0.2) is 0 Å². The van der Waals surface area contributed by atoms with Crippen LogP contribution in [0.1, 0.15) is 56.3 Å². The second kappa shape index (κ2) is 10.6. The van der Waals surface area contributed by atoms with Gasteiger partial charge in [-0.2, -0.15) is 0 Å². The van der Waals surface area contributed by atoms with Crippen molar-refractivity contribution in [1.29, 1.82) is 0 Å².